The molecule has 0 bridgehead atoms. The Hall–Kier alpha value is -3.31. The second kappa shape index (κ2) is 9.05. The third-order valence-corrected chi connectivity index (χ3v) is 6.42. The Morgan fingerprint density at radius 3 is 2.53 bits per heavy atom. The van der Waals surface area contributed by atoms with Crippen molar-refractivity contribution in [3.05, 3.63) is 88.1 Å². The van der Waals surface area contributed by atoms with Crippen LogP contribution in [0.4, 0.5) is 5.69 Å². The van der Waals surface area contributed by atoms with E-state index in [0.29, 0.717) is 5.75 Å². The fourth-order valence-corrected chi connectivity index (χ4v) is 4.13. The topological polar surface area (TPSA) is 51.5 Å². The molecule has 32 heavy (non-hydrogen) atoms. The molecule has 3 aromatic carbocycles. The zero-order chi connectivity index (χ0) is 22.8. The molecular formula is C27H24BrNO3. The summed E-state index contributed by atoms with van der Waals surface area (Å²) >= 11 is 3.48. The molecule has 0 radical (unpaired) electrons. The summed E-state index contributed by atoms with van der Waals surface area (Å²) in [6.45, 7) is 5.87. The molecule has 162 valence electrons. The molecule has 0 aliphatic heterocycles. The van der Waals surface area contributed by atoms with Gasteiger partial charge in [-0.3, -0.25) is 4.79 Å². The molecule has 0 saturated heterocycles. The molecule has 1 N–H and O–H groups in total. The molecule has 0 aliphatic carbocycles. The van der Waals surface area contributed by atoms with Gasteiger partial charge in [0.1, 0.15) is 11.3 Å². The first-order valence-corrected chi connectivity index (χ1v) is 11.1. The zero-order valence-corrected chi connectivity index (χ0v) is 20.0. The van der Waals surface area contributed by atoms with Gasteiger partial charge in [-0.05, 0) is 61.7 Å². The number of nitrogens with one attached hydrogen (secondary N) is 1. The number of aryl methyl sites for hydroxylation is 2. The van der Waals surface area contributed by atoms with Crippen molar-refractivity contribution in [2.24, 2.45) is 0 Å². The van der Waals surface area contributed by atoms with E-state index in [1.165, 1.54) is 0 Å². The monoisotopic (exact) mass is 489 g/mol. The number of anilines is 1. The number of methoxy groups -OCH3 is 1. The second-order valence-corrected chi connectivity index (χ2v) is 8.61. The van der Waals surface area contributed by atoms with Gasteiger partial charge in [0, 0.05) is 38.3 Å². The van der Waals surface area contributed by atoms with Crippen molar-refractivity contribution < 1.29 is 13.9 Å². The summed E-state index contributed by atoms with van der Waals surface area (Å²) < 4.78 is 12.6. The number of fused-ring (bicyclic) bond motifs is 1. The highest BCUT2D eigenvalue weighted by Crippen LogP contribution is 2.40. The van der Waals surface area contributed by atoms with Gasteiger partial charge >= 0.3 is 0 Å². The van der Waals surface area contributed by atoms with Gasteiger partial charge in [0.2, 0.25) is 5.91 Å². The summed E-state index contributed by atoms with van der Waals surface area (Å²) in [6.07, 6.45) is 3.38. The van der Waals surface area contributed by atoms with E-state index in [0.717, 1.165) is 54.5 Å². The summed E-state index contributed by atoms with van der Waals surface area (Å²) in [5, 5.41) is 3.92. The largest absolute Gasteiger partial charge is 0.496 e. The number of carbonyl (C=O) groups is 1. The lowest BCUT2D eigenvalue weighted by Crippen LogP contribution is -2.09. The normalized spacial score (nSPS) is 11.6. The summed E-state index contributed by atoms with van der Waals surface area (Å²) in [6, 6.07) is 17.9. The van der Waals surface area contributed by atoms with Crippen molar-refractivity contribution in [3.8, 4) is 16.9 Å². The van der Waals surface area contributed by atoms with Crippen molar-refractivity contribution in [1.29, 1.82) is 0 Å². The van der Waals surface area contributed by atoms with E-state index in [-0.39, 0.29) is 5.91 Å². The highest BCUT2D eigenvalue weighted by Gasteiger charge is 2.18. The predicted molar refractivity (Wildman–Crippen MR) is 134 cm³/mol. The van der Waals surface area contributed by atoms with Gasteiger partial charge in [-0.1, -0.05) is 46.3 Å². The fraction of sp³-hybridized carbons (Fsp3) is 0.148. The molecular weight excluding hydrogens is 466 g/mol. The second-order valence-electron chi connectivity index (χ2n) is 7.76. The van der Waals surface area contributed by atoms with Gasteiger partial charge in [0.25, 0.3) is 0 Å². The van der Waals surface area contributed by atoms with Crippen molar-refractivity contribution in [2.45, 2.75) is 20.8 Å². The first-order valence-electron chi connectivity index (χ1n) is 10.3. The van der Waals surface area contributed by atoms with E-state index >= 15 is 0 Å². The molecule has 0 fully saturated rings. The Labute approximate surface area is 196 Å². The number of halogens is 1. The van der Waals surface area contributed by atoms with Gasteiger partial charge in [-0.25, -0.2) is 0 Å². The molecule has 0 aliphatic rings. The summed E-state index contributed by atoms with van der Waals surface area (Å²) in [4.78, 5) is 12.7. The Kier molecular flexibility index (Phi) is 6.19. The molecule has 4 aromatic rings. The molecule has 1 heterocycles. The average molecular weight is 490 g/mol. The SMILES string of the molecule is COc1c(/C(C)=C/C(=O)Nc2ccc(Br)c(C)c2)cc2c(-c3ccccc3)coc2c1C. The number of carbonyl (C=O) groups excluding carboxylic acids is 1. The molecule has 5 heteroatoms. The summed E-state index contributed by atoms with van der Waals surface area (Å²) in [7, 11) is 1.64. The van der Waals surface area contributed by atoms with Crippen LogP contribution in [-0.4, -0.2) is 13.0 Å². The van der Waals surface area contributed by atoms with Crippen LogP contribution in [0.2, 0.25) is 0 Å². The van der Waals surface area contributed by atoms with Gasteiger partial charge in [-0.15, -0.1) is 0 Å². The van der Waals surface area contributed by atoms with Gasteiger partial charge in [-0.2, -0.15) is 0 Å². The van der Waals surface area contributed by atoms with Crippen molar-refractivity contribution in [2.75, 3.05) is 12.4 Å². The van der Waals surface area contributed by atoms with E-state index in [1.54, 1.807) is 19.4 Å². The maximum Gasteiger partial charge on any atom is 0.248 e. The summed E-state index contributed by atoms with van der Waals surface area (Å²) in [5.41, 5.74) is 7.24. The number of furan rings is 1. The molecule has 4 rings (SSSR count). The van der Waals surface area contributed by atoms with E-state index in [2.05, 4.69) is 33.4 Å². The van der Waals surface area contributed by atoms with Crippen LogP contribution >= 0.6 is 15.9 Å². The predicted octanol–water partition coefficient (Wildman–Crippen LogP) is 7.53. The van der Waals surface area contributed by atoms with Gasteiger partial charge < -0.3 is 14.5 Å². The van der Waals surface area contributed by atoms with E-state index < -0.39 is 0 Å². The third kappa shape index (κ3) is 4.21. The van der Waals surface area contributed by atoms with Crippen LogP contribution in [0.3, 0.4) is 0 Å². The number of ether oxygens (including phenoxy) is 1. The quantitative estimate of drug-likeness (QED) is 0.294. The van der Waals surface area contributed by atoms with Gasteiger partial charge in [0.05, 0.1) is 13.4 Å². The van der Waals surface area contributed by atoms with Crippen molar-refractivity contribution in [3.63, 3.8) is 0 Å². The number of allylic oxidation sites excluding steroid dienone is 1. The van der Waals surface area contributed by atoms with E-state index in [4.69, 9.17) is 9.15 Å². The number of rotatable bonds is 5. The van der Waals surface area contributed by atoms with Crippen LogP contribution in [0, 0.1) is 13.8 Å². The van der Waals surface area contributed by atoms with E-state index in [9.17, 15) is 4.79 Å². The van der Waals surface area contributed by atoms with Crippen LogP contribution in [0.25, 0.3) is 27.7 Å². The van der Waals surface area contributed by atoms with Crippen LogP contribution in [0.5, 0.6) is 5.75 Å². The maximum absolute atomic E-state index is 12.7. The Bertz CT molecular complexity index is 1340. The van der Waals surface area contributed by atoms with Crippen LogP contribution < -0.4 is 10.1 Å². The zero-order valence-electron chi connectivity index (χ0n) is 18.5. The smallest absolute Gasteiger partial charge is 0.248 e. The Balaban J connectivity index is 1.74. The minimum absolute atomic E-state index is 0.195. The Morgan fingerprint density at radius 2 is 1.84 bits per heavy atom. The molecule has 0 spiro atoms. The molecule has 0 saturated carbocycles. The lowest BCUT2D eigenvalue weighted by atomic mass is 9.96. The fourth-order valence-electron chi connectivity index (χ4n) is 3.89. The molecule has 0 unspecified atom stereocenters. The number of benzene rings is 3. The minimum atomic E-state index is -0.195. The average Bonchev–Trinajstić information content (AvgIpc) is 3.21. The molecule has 0 atom stereocenters. The van der Waals surface area contributed by atoms with E-state index in [1.807, 2.05) is 63.2 Å². The summed E-state index contributed by atoms with van der Waals surface area (Å²) in [5.74, 6) is 0.506. The van der Waals surface area contributed by atoms with Crippen LogP contribution in [0.15, 0.2) is 75.8 Å². The lowest BCUT2D eigenvalue weighted by Gasteiger charge is -2.13. The minimum Gasteiger partial charge on any atom is -0.496 e. The van der Waals surface area contributed by atoms with Crippen LogP contribution in [0.1, 0.15) is 23.6 Å². The van der Waals surface area contributed by atoms with Gasteiger partial charge in [0.15, 0.2) is 0 Å². The highest BCUT2D eigenvalue weighted by molar-refractivity contribution is 9.10. The molecule has 4 nitrogen and oxygen atoms in total. The lowest BCUT2D eigenvalue weighted by molar-refractivity contribution is -0.111. The molecule has 1 amide bonds. The number of hydrogen-bond acceptors (Lipinski definition) is 3. The molecule has 1 aromatic heterocycles. The first-order chi connectivity index (χ1) is 15.4. The Morgan fingerprint density at radius 1 is 1.09 bits per heavy atom. The third-order valence-electron chi connectivity index (χ3n) is 5.53. The number of hydrogen-bond donors (Lipinski definition) is 1. The van der Waals surface area contributed by atoms with Crippen LogP contribution in [-0.2, 0) is 4.79 Å². The number of amides is 1. The highest BCUT2D eigenvalue weighted by atomic mass is 79.9. The van der Waals surface area contributed by atoms with Crippen molar-refractivity contribution >= 4 is 44.1 Å². The standard InChI is InChI=1S/C27H24BrNO3/c1-16(13-25(30)29-20-10-11-24(28)17(2)12-20)21-14-22-23(19-8-6-5-7-9-19)15-32-27(22)18(3)26(21)31-4/h5-15H,1-4H3,(H,29,30)/b16-13+. The maximum atomic E-state index is 12.7. The first kappa shape index (κ1) is 21.9. The van der Waals surface area contributed by atoms with Crippen molar-refractivity contribution in [1.82, 2.24) is 0 Å².